The van der Waals surface area contributed by atoms with E-state index in [2.05, 4.69) is 9.97 Å². The van der Waals surface area contributed by atoms with Crippen LogP contribution in [0.4, 0.5) is 0 Å². The predicted molar refractivity (Wildman–Crippen MR) is 54.6 cm³/mol. The Morgan fingerprint density at radius 3 is 2.86 bits per heavy atom. The second-order valence-electron chi connectivity index (χ2n) is 3.90. The van der Waals surface area contributed by atoms with Gasteiger partial charge in [0.2, 0.25) is 0 Å². The molecular formula is C11H11N3. The Kier molecular flexibility index (Phi) is 1.42. The van der Waals surface area contributed by atoms with Gasteiger partial charge in [-0.25, -0.2) is 9.97 Å². The lowest BCUT2D eigenvalue weighted by atomic mass is 10.1. The van der Waals surface area contributed by atoms with Crippen LogP contribution in [0.25, 0.3) is 11.0 Å². The first-order valence-electron chi connectivity index (χ1n) is 4.79. The van der Waals surface area contributed by atoms with Crippen molar-refractivity contribution in [1.29, 1.82) is 0 Å². The van der Waals surface area contributed by atoms with Gasteiger partial charge in [0.25, 0.3) is 0 Å². The van der Waals surface area contributed by atoms with E-state index in [-0.39, 0.29) is 5.54 Å². The molecule has 0 aromatic carbocycles. The summed E-state index contributed by atoms with van der Waals surface area (Å²) in [7, 11) is 0. The van der Waals surface area contributed by atoms with Crippen LogP contribution in [0.2, 0.25) is 0 Å². The first kappa shape index (κ1) is 7.88. The fourth-order valence-electron chi connectivity index (χ4n) is 1.62. The Morgan fingerprint density at radius 2 is 2.07 bits per heavy atom. The molecule has 3 nitrogen and oxygen atoms in total. The summed E-state index contributed by atoms with van der Waals surface area (Å²) in [5.41, 5.74) is 7.68. The van der Waals surface area contributed by atoms with Crippen molar-refractivity contribution < 1.29 is 0 Å². The van der Waals surface area contributed by atoms with Gasteiger partial charge in [0, 0.05) is 11.6 Å². The smallest absolute Gasteiger partial charge is 0.159 e. The second-order valence-corrected chi connectivity index (χ2v) is 3.90. The number of aromatic nitrogens is 2. The lowest BCUT2D eigenvalue weighted by Gasteiger charge is -2.07. The molecule has 0 saturated heterocycles. The van der Waals surface area contributed by atoms with Crippen molar-refractivity contribution in [1.82, 2.24) is 9.97 Å². The zero-order valence-electron chi connectivity index (χ0n) is 7.77. The molecule has 70 valence electrons. The van der Waals surface area contributed by atoms with Gasteiger partial charge in [0.15, 0.2) is 5.65 Å². The van der Waals surface area contributed by atoms with Gasteiger partial charge in [-0.15, -0.1) is 0 Å². The summed E-state index contributed by atoms with van der Waals surface area (Å²) in [6, 6.07) is 7.98. The SMILES string of the molecule is NC1(c2ccc3cccnc3n2)CC1. The number of nitrogens with two attached hydrogens (primary N) is 1. The van der Waals surface area contributed by atoms with Crippen molar-refractivity contribution in [3.05, 3.63) is 36.2 Å². The van der Waals surface area contributed by atoms with Crippen molar-refractivity contribution in [3.8, 4) is 0 Å². The van der Waals surface area contributed by atoms with E-state index in [1.807, 2.05) is 24.3 Å². The Morgan fingerprint density at radius 1 is 1.21 bits per heavy atom. The molecule has 2 N–H and O–H groups in total. The number of pyridine rings is 2. The van der Waals surface area contributed by atoms with Gasteiger partial charge in [-0.1, -0.05) is 0 Å². The molecule has 0 radical (unpaired) electrons. The Balaban J connectivity index is 2.20. The third-order valence-corrected chi connectivity index (χ3v) is 2.76. The second kappa shape index (κ2) is 2.51. The van der Waals surface area contributed by atoms with Gasteiger partial charge >= 0.3 is 0 Å². The fraction of sp³-hybridized carbons (Fsp3) is 0.273. The highest BCUT2D eigenvalue weighted by atomic mass is 14.9. The Hall–Kier alpha value is -1.48. The molecule has 1 saturated carbocycles. The van der Waals surface area contributed by atoms with Crippen LogP contribution in [0.3, 0.4) is 0 Å². The first-order chi connectivity index (χ1) is 6.78. The summed E-state index contributed by atoms with van der Waals surface area (Å²) in [5.74, 6) is 0. The van der Waals surface area contributed by atoms with Crippen LogP contribution in [-0.4, -0.2) is 9.97 Å². The number of fused-ring (bicyclic) bond motifs is 1. The van der Waals surface area contributed by atoms with Gasteiger partial charge in [-0.2, -0.15) is 0 Å². The summed E-state index contributed by atoms with van der Waals surface area (Å²) in [4.78, 5) is 8.69. The van der Waals surface area contributed by atoms with Gasteiger partial charge < -0.3 is 5.73 Å². The van der Waals surface area contributed by atoms with Gasteiger partial charge in [0.1, 0.15) is 0 Å². The zero-order valence-corrected chi connectivity index (χ0v) is 7.77. The van der Waals surface area contributed by atoms with E-state index in [0.717, 1.165) is 29.6 Å². The van der Waals surface area contributed by atoms with Crippen LogP contribution in [0.15, 0.2) is 30.5 Å². The molecule has 0 spiro atoms. The molecular weight excluding hydrogens is 174 g/mol. The third kappa shape index (κ3) is 1.09. The molecule has 1 aliphatic rings. The molecule has 2 aromatic rings. The van der Waals surface area contributed by atoms with Gasteiger partial charge in [-0.3, -0.25) is 0 Å². The number of hydrogen-bond acceptors (Lipinski definition) is 3. The van der Waals surface area contributed by atoms with Crippen LogP contribution in [0.1, 0.15) is 18.5 Å². The first-order valence-corrected chi connectivity index (χ1v) is 4.79. The molecule has 2 heterocycles. The average Bonchev–Trinajstić information content (AvgIpc) is 2.97. The summed E-state index contributed by atoms with van der Waals surface area (Å²) in [6.07, 6.45) is 3.84. The Labute approximate surface area is 82.0 Å². The third-order valence-electron chi connectivity index (χ3n) is 2.76. The predicted octanol–water partition coefficient (Wildman–Crippen LogP) is 1.58. The number of nitrogens with zero attached hydrogens (tertiary/aromatic N) is 2. The van der Waals surface area contributed by atoms with Gasteiger partial charge in [-0.05, 0) is 37.1 Å². The fourth-order valence-corrected chi connectivity index (χ4v) is 1.62. The maximum Gasteiger partial charge on any atom is 0.159 e. The zero-order chi connectivity index (χ0) is 9.60. The highest BCUT2D eigenvalue weighted by Gasteiger charge is 2.41. The molecule has 0 amide bonds. The molecule has 14 heavy (non-hydrogen) atoms. The number of rotatable bonds is 1. The lowest BCUT2D eigenvalue weighted by molar-refractivity contribution is 0.711. The molecule has 3 rings (SSSR count). The van der Waals surface area contributed by atoms with Crippen molar-refractivity contribution in [2.24, 2.45) is 5.73 Å². The topological polar surface area (TPSA) is 51.8 Å². The normalized spacial score (nSPS) is 18.4. The highest BCUT2D eigenvalue weighted by molar-refractivity contribution is 5.74. The molecule has 0 aliphatic heterocycles. The van der Waals surface area contributed by atoms with Crippen molar-refractivity contribution in [2.45, 2.75) is 18.4 Å². The minimum atomic E-state index is -0.161. The van der Waals surface area contributed by atoms with Crippen molar-refractivity contribution in [3.63, 3.8) is 0 Å². The summed E-state index contributed by atoms with van der Waals surface area (Å²) >= 11 is 0. The van der Waals surface area contributed by atoms with E-state index in [0.29, 0.717) is 0 Å². The van der Waals surface area contributed by atoms with E-state index in [4.69, 9.17) is 5.73 Å². The summed E-state index contributed by atoms with van der Waals surface area (Å²) < 4.78 is 0. The van der Waals surface area contributed by atoms with E-state index in [1.54, 1.807) is 6.20 Å². The Bertz CT molecular complexity index is 489. The molecule has 0 unspecified atom stereocenters. The van der Waals surface area contributed by atoms with Crippen molar-refractivity contribution in [2.75, 3.05) is 0 Å². The highest BCUT2D eigenvalue weighted by Crippen LogP contribution is 2.41. The lowest BCUT2D eigenvalue weighted by Crippen LogP contribution is -2.20. The molecule has 1 fully saturated rings. The number of hydrogen-bond donors (Lipinski definition) is 1. The van der Waals surface area contributed by atoms with Gasteiger partial charge in [0.05, 0.1) is 11.2 Å². The van der Waals surface area contributed by atoms with E-state index in [9.17, 15) is 0 Å². The molecule has 3 heteroatoms. The molecule has 2 aromatic heterocycles. The van der Waals surface area contributed by atoms with Crippen LogP contribution < -0.4 is 5.73 Å². The van der Waals surface area contributed by atoms with E-state index >= 15 is 0 Å². The van der Waals surface area contributed by atoms with Crippen LogP contribution in [0, 0.1) is 0 Å². The maximum absolute atomic E-state index is 6.07. The maximum atomic E-state index is 6.07. The minimum Gasteiger partial charge on any atom is -0.320 e. The molecule has 0 bridgehead atoms. The molecule has 1 aliphatic carbocycles. The quantitative estimate of drug-likeness (QED) is 0.733. The van der Waals surface area contributed by atoms with Crippen LogP contribution in [0.5, 0.6) is 0 Å². The molecule has 0 atom stereocenters. The summed E-state index contributed by atoms with van der Waals surface area (Å²) in [5, 5.41) is 1.07. The standard InChI is InChI=1S/C11H11N3/c12-11(5-6-11)9-4-3-8-2-1-7-13-10(8)14-9/h1-4,7H,5-6,12H2. The average molecular weight is 185 g/mol. The van der Waals surface area contributed by atoms with Crippen LogP contribution >= 0.6 is 0 Å². The van der Waals surface area contributed by atoms with Crippen molar-refractivity contribution >= 4 is 11.0 Å². The minimum absolute atomic E-state index is 0.161. The largest absolute Gasteiger partial charge is 0.320 e. The van der Waals surface area contributed by atoms with Crippen LogP contribution in [-0.2, 0) is 5.54 Å². The monoisotopic (exact) mass is 185 g/mol. The van der Waals surface area contributed by atoms with E-state index in [1.165, 1.54) is 0 Å². The summed E-state index contributed by atoms with van der Waals surface area (Å²) in [6.45, 7) is 0. The van der Waals surface area contributed by atoms with E-state index < -0.39 is 0 Å².